The molecule has 1 fully saturated rings. The smallest absolute Gasteiger partial charge is 0.227 e. The molecule has 0 saturated carbocycles. The van der Waals surface area contributed by atoms with E-state index in [9.17, 15) is 9.18 Å². The highest BCUT2D eigenvalue weighted by molar-refractivity contribution is 5.79. The van der Waals surface area contributed by atoms with Crippen LogP contribution in [0.4, 0.5) is 10.1 Å². The monoisotopic (exact) mass is 337 g/mol. The van der Waals surface area contributed by atoms with Crippen molar-refractivity contribution in [2.75, 3.05) is 31.1 Å². The molecule has 4 nitrogen and oxygen atoms in total. The van der Waals surface area contributed by atoms with E-state index >= 15 is 0 Å². The minimum Gasteiger partial charge on any atom is -0.366 e. The number of anilines is 1. The van der Waals surface area contributed by atoms with Crippen LogP contribution in [0.1, 0.15) is 16.7 Å². The third-order valence-electron chi connectivity index (χ3n) is 4.53. The molecule has 0 N–H and O–H groups in total. The summed E-state index contributed by atoms with van der Waals surface area (Å²) in [7, 11) is 0. The standard InChI is InChI=1S/C20H20FN3O/c1-15-2-4-16(5-3-15)13-20(25)24-10-8-23(9-11-24)19-7-6-17(14-22)12-18(19)21/h2-7,12H,8-11,13H2,1H3. The van der Waals surface area contributed by atoms with E-state index in [0.29, 0.717) is 43.9 Å². The molecule has 128 valence electrons. The van der Waals surface area contributed by atoms with Crippen molar-refractivity contribution >= 4 is 11.6 Å². The summed E-state index contributed by atoms with van der Waals surface area (Å²) in [5, 5.41) is 8.82. The molecule has 0 atom stereocenters. The second-order valence-corrected chi connectivity index (χ2v) is 6.31. The van der Waals surface area contributed by atoms with Gasteiger partial charge in [-0.15, -0.1) is 0 Å². The number of nitriles is 1. The van der Waals surface area contributed by atoms with Gasteiger partial charge in [0.2, 0.25) is 5.91 Å². The van der Waals surface area contributed by atoms with Crippen molar-refractivity contribution in [3.8, 4) is 6.07 Å². The van der Waals surface area contributed by atoms with Crippen LogP contribution in [-0.2, 0) is 11.2 Å². The van der Waals surface area contributed by atoms with Gasteiger partial charge in [0.1, 0.15) is 5.82 Å². The summed E-state index contributed by atoms with van der Waals surface area (Å²) in [6.07, 6.45) is 0.394. The fourth-order valence-corrected chi connectivity index (χ4v) is 3.02. The number of piperazine rings is 1. The molecular formula is C20H20FN3O. The predicted molar refractivity (Wildman–Crippen MR) is 94.8 cm³/mol. The van der Waals surface area contributed by atoms with Crippen molar-refractivity contribution in [3.05, 3.63) is 65.0 Å². The lowest BCUT2D eigenvalue weighted by atomic mass is 10.1. The topological polar surface area (TPSA) is 47.3 Å². The van der Waals surface area contributed by atoms with E-state index < -0.39 is 5.82 Å². The van der Waals surface area contributed by atoms with Crippen LogP contribution in [0, 0.1) is 24.1 Å². The maximum absolute atomic E-state index is 14.1. The van der Waals surface area contributed by atoms with Crippen molar-refractivity contribution in [3.63, 3.8) is 0 Å². The second kappa shape index (κ2) is 7.35. The first-order chi connectivity index (χ1) is 12.1. The van der Waals surface area contributed by atoms with Gasteiger partial charge in [0, 0.05) is 26.2 Å². The van der Waals surface area contributed by atoms with Gasteiger partial charge in [-0.3, -0.25) is 4.79 Å². The third-order valence-corrected chi connectivity index (χ3v) is 4.53. The Morgan fingerprint density at radius 1 is 1.12 bits per heavy atom. The summed E-state index contributed by atoms with van der Waals surface area (Å²) < 4.78 is 14.1. The van der Waals surface area contributed by atoms with Gasteiger partial charge in [-0.25, -0.2) is 4.39 Å². The van der Waals surface area contributed by atoms with Gasteiger partial charge >= 0.3 is 0 Å². The zero-order valence-corrected chi connectivity index (χ0v) is 14.2. The molecule has 2 aromatic carbocycles. The van der Waals surface area contributed by atoms with Crippen molar-refractivity contribution in [1.29, 1.82) is 5.26 Å². The number of amides is 1. The van der Waals surface area contributed by atoms with Gasteiger partial charge in [-0.05, 0) is 30.7 Å². The first-order valence-corrected chi connectivity index (χ1v) is 8.35. The van der Waals surface area contributed by atoms with Crippen LogP contribution in [0.15, 0.2) is 42.5 Å². The maximum Gasteiger partial charge on any atom is 0.227 e. The number of carbonyl (C=O) groups is 1. The van der Waals surface area contributed by atoms with E-state index in [-0.39, 0.29) is 5.91 Å². The van der Waals surface area contributed by atoms with E-state index in [4.69, 9.17) is 5.26 Å². The number of benzene rings is 2. The van der Waals surface area contributed by atoms with Gasteiger partial charge in [0.15, 0.2) is 0 Å². The first-order valence-electron chi connectivity index (χ1n) is 8.35. The van der Waals surface area contributed by atoms with Crippen molar-refractivity contribution in [2.45, 2.75) is 13.3 Å². The van der Waals surface area contributed by atoms with Crippen LogP contribution in [0.2, 0.25) is 0 Å². The number of aryl methyl sites for hydroxylation is 1. The molecular weight excluding hydrogens is 317 g/mol. The molecule has 0 unspecified atom stereocenters. The quantitative estimate of drug-likeness (QED) is 0.865. The van der Waals surface area contributed by atoms with E-state index in [1.165, 1.54) is 11.6 Å². The number of hydrogen-bond acceptors (Lipinski definition) is 3. The first kappa shape index (κ1) is 17.0. The van der Waals surface area contributed by atoms with E-state index in [2.05, 4.69) is 0 Å². The fourth-order valence-electron chi connectivity index (χ4n) is 3.02. The number of nitrogens with zero attached hydrogens (tertiary/aromatic N) is 3. The normalized spacial score (nSPS) is 14.3. The molecule has 1 saturated heterocycles. The highest BCUT2D eigenvalue weighted by Gasteiger charge is 2.23. The minimum absolute atomic E-state index is 0.101. The van der Waals surface area contributed by atoms with Crippen LogP contribution in [0.3, 0.4) is 0 Å². The van der Waals surface area contributed by atoms with Gasteiger partial charge < -0.3 is 9.80 Å². The lowest BCUT2D eigenvalue weighted by Gasteiger charge is -2.36. The Morgan fingerprint density at radius 3 is 2.40 bits per heavy atom. The molecule has 1 aliphatic rings. The molecule has 0 radical (unpaired) electrons. The Hall–Kier alpha value is -2.87. The Bertz CT molecular complexity index is 803. The Balaban J connectivity index is 1.59. The predicted octanol–water partition coefficient (Wildman–Crippen LogP) is 2.90. The van der Waals surface area contributed by atoms with E-state index in [1.807, 2.05) is 47.1 Å². The zero-order chi connectivity index (χ0) is 17.8. The minimum atomic E-state index is -0.390. The SMILES string of the molecule is Cc1ccc(CC(=O)N2CCN(c3ccc(C#N)cc3F)CC2)cc1. The molecule has 1 heterocycles. The number of hydrogen-bond donors (Lipinski definition) is 0. The molecule has 0 bridgehead atoms. The van der Waals surface area contributed by atoms with Crippen molar-refractivity contribution < 1.29 is 9.18 Å². The van der Waals surface area contributed by atoms with Gasteiger partial charge in [-0.2, -0.15) is 5.26 Å². The fraction of sp³-hybridized carbons (Fsp3) is 0.300. The Labute approximate surface area is 147 Å². The Morgan fingerprint density at radius 2 is 1.80 bits per heavy atom. The third kappa shape index (κ3) is 3.97. The summed E-state index contributed by atoms with van der Waals surface area (Å²) in [4.78, 5) is 16.2. The summed E-state index contributed by atoms with van der Waals surface area (Å²) in [6.45, 7) is 4.34. The molecule has 3 rings (SSSR count). The zero-order valence-electron chi connectivity index (χ0n) is 14.2. The molecule has 0 spiro atoms. The summed E-state index contributed by atoms with van der Waals surface area (Å²) >= 11 is 0. The van der Waals surface area contributed by atoms with Crippen LogP contribution < -0.4 is 4.90 Å². The summed E-state index contributed by atoms with van der Waals surface area (Å²) in [5.74, 6) is -0.290. The van der Waals surface area contributed by atoms with E-state index in [1.54, 1.807) is 12.1 Å². The average molecular weight is 337 g/mol. The molecule has 1 amide bonds. The van der Waals surface area contributed by atoms with Crippen molar-refractivity contribution in [1.82, 2.24) is 4.90 Å². The molecule has 0 aromatic heterocycles. The molecule has 5 heteroatoms. The van der Waals surface area contributed by atoms with Gasteiger partial charge in [-0.1, -0.05) is 29.8 Å². The average Bonchev–Trinajstić information content (AvgIpc) is 2.63. The van der Waals surface area contributed by atoms with Crippen LogP contribution >= 0.6 is 0 Å². The second-order valence-electron chi connectivity index (χ2n) is 6.31. The summed E-state index contributed by atoms with van der Waals surface area (Å²) in [5.41, 5.74) is 2.99. The molecule has 2 aromatic rings. The summed E-state index contributed by atoms with van der Waals surface area (Å²) in [6, 6.07) is 14.4. The molecule has 0 aliphatic carbocycles. The number of halogens is 1. The van der Waals surface area contributed by atoms with Crippen LogP contribution in [0.5, 0.6) is 0 Å². The number of rotatable bonds is 3. The Kier molecular flexibility index (Phi) is 4.99. The van der Waals surface area contributed by atoms with E-state index in [0.717, 1.165) is 5.56 Å². The lowest BCUT2D eigenvalue weighted by molar-refractivity contribution is -0.130. The van der Waals surface area contributed by atoms with Crippen LogP contribution in [0.25, 0.3) is 0 Å². The van der Waals surface area contributed by atoms with Crippen LogP contribution in [-0.4, -0.2) is 37.0 Å². The van der Waals surface area contributed by atoms with Gasteiger partial charge in [0.25, 0.3) is 0 Å². The largest absolute Gasteiger partial charge is 0.366 e. The van der Waals surface area contributed by atoms with Crippen molar-refractivity contribution in [2.24, 2.45) is 0 Å². The highest BCUT2D eigenvalue weighted by Crippen LogP contribution is 2.22. The number of carbonyl (C=O) groups excluding carboxylic acids is 1. The highest BCUT2D eigenvalue weighted by atomic mass is 19.1. The lowest BCUT2D eigenvalue weighted by Crippen LogP contribution is -2.49. The molecule has 25 heavy (non-hydrogen) atoms. The molecule has 1 aliphatic heterocycles. The van der Waals surface area contributed by atoms with Gasteiger partial charge in [0.05, 0.1) is 23.7 Å². The maximum atomic E-state index is 14.1.